The Morgan fingerprint density at radius 3 is 3.15 bits per heavy atom. The second-order valence-corrected chi connectivity index (χ2v) is 2.60. The van der Waals surface area contributed by atoms with Gasteiger partial charge in [-0.25, -0.2) is 4.98 Å². The lowest BCUT2D eigenvalue weighted by atomic mass is 10.4. The monoisotopic (exact) mass is 179 g/mol. The van der Waals surface area contributed by atoms with Crippen LogP contribution < -0.4 is 10.9 Å². The van der Waals surface area contributed by atoms with Gasteiger partial charge in [0.15, 0.2) is 0 Å². The van der Waals surface area contributed by atoms with Gasteiger partial charge in [0, 0.05) is 19.0 Å². The number of aromatic nitrogens is 2. The molecule has 0 bridgehead atoms. The van der Waals surface area contributed by atoms with Gasteiger partial charge in [-0.1, -0.05) is 13.0 Å². The Balaban J connectivity index is 2.88. The van der Waals surface area contributed by atoms with Crippen LogP contribution in [0.25, 0.3) is 0 Å². The van der Waals surface area contributed by atoms with Crippen LogP contribution in [0.1, 0.15) is 12.7 Å². The first-order valence-corrected chi connectivity index (χ1v) is 4.21. The van der Waals surface area contributed by atoms with Gasteiger partial charge in [0.2, 0.25) is 0 Å². The maximum absolute atomic E-state index is 11.1. The number of hydrogen-bond acceptors (Lipinski definition) is 3. The lowest BCUT2D eigenvalue weighted by Gasteiger charge is -2.02. The van der Waals surface area contributed by atoms with Gasteiger partial charge < -0.3 is 10.3 Å². The lowest BCUT2D eigenvalue weighted by Crippen LogP contribution is -2.13. The Labute approximate surface area is 76.7 Å². The van der Waals surface area contributed by atoms with Crippen LogP contribution in [0.2, 0.25) is 0 Å². The molecule has 4 nitrogen and oxygen atoms in total. The maximum Gasteiger partial charge on any atom is 0.252 e. The topological polar surface area (TPSA) is 57.8 Å². The van der Waals surface area contributed by atoms with E-state index in [4.69, 9.17) is 0 Å². The molecule has 4 heteroatoms. The Hall–Kier alpha value is -1.58. The molecule has 0 aliphatic heterocycles. The number of nitrogens with one attached hydrogen (secondary N) is 2. The van der Waals surface area contributed by atoms with E-state index < -0.39 is 0 Å². The number of nitrogens with zero attached hydrogens (tertiary/aromatic N) is 1. The second-order valence-electron chi connectivity index (χ2n) is 2.60. The summed E-state index contributed by atoms with van der Waals surface area (Å²) < 4.78 is 0. The van der Waals surface area contributed by atoms with Crippen LogP contribution in [0.3, 0.4) is 0 Å². The smallest absolute Gasteiger partial charge is 0.252 e. The molecule has 0 atom stereocenters. The molecule has 2 N–H and O–H groups in total. The minimum absolute atomic E-state index is 0.126. The van der Waals surface area contributed by atoms with Crippen molar-refractivity contribution in [1.82, 2.24) is 9.97 Å². The van der Waals surface area contributed by atoms with Crippen molar-refractivity contribution in [3.05, 3.63) is 34.9 Å². The Kier molecular flexibility index (Phi) is 3.25. The predicted molar refractivity (Wildman–Crippen MR) is 52.9 cm³/mol. The highest BCUT2D eigenvalue weighted by molar-refractivity contribution is 5.33. The molecule has 1 heterocycles. The van der Waals surface area contributed by atoms with E-state index in [1.807, 2.05) is 6.92 Å². The summed E-state index contributed by atoms with van der Waals surface area (Å²) in [4.78, 5) is 17.9. The number of H-pyrrole nitrogens is 1. The van der Waals surface area contributed by atoms with Crippen molar-refractivity contribution in [2.24, 2.45) is 0 Å². The molecular formula is C9H13N3O. The van der Waals surface area contributed by atoms with Crippen molar-refractivity contribution >= 4 is 5.82 Å². The summed E-state index contributed by atoms with van der Waals surface area (Å²) in [6, 6.07) is 1.43. The summed E-state index contributed by atoms with van der Waals surface area (Å²) in [6.45, 7) is 6.12. The molecule has 70 valence electrons. The summed E-state index contributed by atoms with van der Waals surface area (Å²) in [5.74, 6) is 1.29. The van der Waals surface area contributed by atoms with E-state index in [-0.39, 0.29) is 5.56 Å². The minimum Gasteiger partial charge on any atom is -0.366 e. The number of anilines is 1. The summed E-state index contributed by atoms with van der Waals surface area (Å²) in [5, 5.41) is 2.96. The Bertz CT molecular complexity index is 343. The molecular weight excluding hydrogens is 166 g/mol. The number of hydrogen-bond donors (Lipinski definition) is 2. The predicted octanol–water partition coefficient (Wildman–Crippen LogP) is 0.930. The molecule has 0 saturated carbocycles. The third-order valence-corrected chi connectivity index (χ3v) is 1.55. The lowest BCUT2D eigenvalue weighted by molar-refractivity contribution is 0.920. The standard InChI is InChI=1S/C9H13N3O/c1-3-5-10-8-6-9(13)12-7(4-2)11-8/h3,6H,1,4-5H2,2H3,(H2,10,11,12,13). The fourth-order valence-electron chi connectivity index (χ4n) is 0.943. The van der Waals surface area contributed by atoms with E-state index in [9.17, 15) is 4.79 Å². The van der Waals surface area contributed by atoms with Gasteiger partial charge >= 0.3 is 0 Å². The highest BCUT2D eigenvalue weighted by Gasteiger charge is 1.97. The molecule has 1 aromatic heterocycles. The molecule has 0 fully saturated rings. The number of rotatable bonds is 4. The van der Waals surface area contributed by atoms with E-state index in [0.29, 0.717) is 18.2 Å². The SMILES string of the molecule is C=CCNc1cc(=O)[nH]c(CC)n1. The fraction of sp³-hybridized carbons (Fsp3) is 0.333. The van der Waals surface area contributed by atoms with Crippen LogP contribution in [0.5, 0.6) is 0 Å². The van der Waals surface area contributed by atoms with E-state index in [0.717, 1.165) is 6.42 Å². The van der Waals surface area contributed by atoms with Gasteiger partial charge in [-0.15, -0.1) is 6.58 Å². The highest BCUT2D eigenvalue weighted by atomic mass is 16.1. The van der Waals surface area contributed by atoms with E-state index >= 15 is 0 Å². The van der Waals surface area contributed by atoms with Crippen molar-refractivity contribution in [3.8, 4) is 0 Å². The molecule has 0 aromatic carbocycles. The van der Waals surface area contributed by atoms with Crippen molar-refractivity contribution in [2.45, 2.75) is 13.3 Å². The molecule has 1 aromatic rings. The first kappa shape index (κ1) is 9.51. The zero-order valence-electron chi connectivity index (χ0n) is 7.63. The van der Waals surface area contributed by atoms with Crippen LogP contribution in [-0.4, -0.2) is 16.5 Å². The Morgan fingerprint density at radius 2 is 2.54 bits per heavy atom. The minimum atomic E-state index is -0.126. The molecule has 0 aliphatic rings. The van der Waals surface area contributed by atoms with Gasteiger partial charge in [-0.2, -0.15) is 0 Å². The number of aromatic amines is 1. The summed E-state index contributed by atoms with van der Waals surface area (Å²) >= 11 is 0. The van der Waals surface area contributed by atoms with Crippen LogP contribution in [0, 0.1) is 0 Å². The van der Waals surface area contributed by atoms with Crippen LogP contribution in [0.15, 0.2) is 23.5 Å². The molecule has 0 aliphatic carbocycles. The fourth-order valence-corrected chi connectivity index (χ4v) is 0.943. The number of aryl methyl sites for hydroxylation is 1. The van der Waals surface area contributed by atoms with E-state index in [2.05, 4.69) is 21.9 Å². The largest absolute Gasteiger partial charge is 0.366 e. The van der Waals surface area contributed by atoms with Crippen molar-refractivity contribution in [2.75, 3.05) is 11.9 Å². The van der Waals surface area contributed by atoms with E-state index in [1.165, 1.54) is 6.07 Å². The zero-order valence-corrected chi connectivity index (χ0v) is 7.63. The highest BCUT2D eigenvalue weighted by Crippen LogP contribution is 1.98. The van der Waals surface area contributed by atoms with Gasteiger partial charge in [-0.05, 0) is 0 Å². The quantitative estimate of drug-likeness (QED) is 0.676. The molecule has 0 unspecified atom stereocenters. The molecule has 0 spiro atoms. The third kappa shape index (κ3) is 2.74. The zero-order chi connectivity index (χ0) is 9.68. The van der Waals surface area contributed by atoms with Gasteiger partial charge in [0.1, 0.15) is 11.6 Å². The molecule has 13 heavy (non-hydrogen) atoms. The average molecular weight is 179 g/mol. The first-order chi connectivity index (χ1) is 6.26. The summed E-state index contributed by atoms with van der Waals surface area (Å²) in [7, 11) is 0. The van der Waals surface area contributed by atoms with Gasteiger partial charge in [-0.3, -0.25) is 4.79 Å². The third-order valence-electron chi connectivity index (χ3n) is 1.55. The van der Waals surface area contributed by atoms with Crippen LogP contribution in [-0.2, 0) is 6.42 Å². The maximum atomic E-state index is 11.1. The van der Waals surface area contributed by atoms with Crippen molar-refractivity contribution in [1.29, 1.82) is 0 Å². The Morgan fingerprint density at radius 1 is 1.77 bits per heavy atom. The van der Waals surface area contributed by atoms with Crippen LogP contribution in [0.4, 0.5) is 5.82 Å². The molecule has 0 amide bonds. The van der Waals surface area contributed by atoms with Crippen molar-refractivity contribution in [3.63, 3.8) is 0 Å². The van der Waals surface area contributed by atoms with Crippen molar-refractivity contribution < 1.29 is 0 Å². The summed E-state index contributed by atoms with van der Waals surface area (Å²) in [6.07, 6.45) is 2.44. The first-order valence-electron chi connectivity index (χ1n) is 4.21. The summed E-state index contributed by atoms with van der Waals surface area (Å²) in [5.41, 5.74) is -0.126. The normalized spacial score (nSPS) is 9.62. The molecule has 0 saturated heterocycles. The van der Waals surface area contributed by atoms with Gasteiger partial charge in [0.05, 0.1) is 0 Å². The second kappa shape index (κ2) is 4.45. The van der Waals surface area contributed by atoms with Gasteiger partial charge in [0.25, 0.3) is 5.56 Å². The molecule has 1 rings (SSSR count). The van der Waals surface area contributed by atoms with Crippen LogP contribution >= 0.6 is 0 Å². The average Bonchev–Trinajstić information content (AvgIpc) is 2.14. The van der Waals surface area contributed by atoms with E-state index in [1.54, 1.807) is 6.08 Å². The molecule has 0 radical (unpaired) electrons.